The Kier molecular flexibility index (Phi) is 6.49. The van der Waals surface area contributed by atoms with E-state index in [1.807, 2.05) is 83.6 Å². The highest BCUT2D eigenvalue weighted by Crippen LogP contribution is 2.22. The lowest BCUT2D eigenvalue weighted by Gasteiger charge is -2.09. The van der Waals surface area contributed by atoms with E-state index in [0.717, 1.165) is 22.0 Å². The molecule has 2 aromatic heterocycles. The van der Waals surface area contributed by atoms with Crippen molar-refractivity contribution in [3.8, 4) is 11.4 Å². The zero-order chi connectivity index (χ0) is 26.8. The molecule has 6 rings (SSSR count). The number of halogens is 1. The van der Waals surface area contributed by atoms with E-state index in [-0.39, 0.29) is 18.0 Å². The predicted octanol–water partition coefficient (Wildman–Crippen LogP) is 6.19. The van der Waals surface area contributed by atoms with Gasteiger partial charge in [-0.05, 0) is 42.5 Å². The number of para-hydroxylation sites is 2. The van der Waals surface area contributed by atoms with Crippen molar-refractivity contribution >= 4 is 51.2 Å². The van der Waals surface area contributed by atoms with E-state index in [2.05, 4.69) is 10.4 Å². The molecule has 0 aliphatic heterocycles. The average molecular weight is 532 g/mol. The van der Waals surface area contributed by atoms with Gasteiger partial charge in [-0.3, -0.25) is 9.59 Å². The van der Waals surface area contributed by atoms with Gasteiger partial charge in [0.05, 0.1) is 17.1 Å². The first kappa shape index (κ1) is 24.3. The van der Waals surface area contributed by atoms with Gasteiger partial charge in [-0.1, -0.05) is 72.3 Å². The van der Waals surface area contributed by atoms with Crippen LogP contribution >= 0.6 is 11.6 Å². The summed E-state index contributed by atoms with van der Waals surface area (Å²) in [5.41, 5.74) is 3.43. The Labute approximate surface area is 228 Å². The molecule has 0 saturated carbocycles. The van der Waals surface area contributed by atoms with Crippen molar-refractivity contribution in [2.45, 2.75) is 6.54 Å². The van der Waals surface area contributed by atoms with Crippen LogP contribution in [-0.2, 0) is 11.3 Å². The normalized spacial score (nSPS) is 11.4. The lowest BCUT2D eigenvalue weighted by molar-refractivity contribution is -0.116. The molecule has 6 aromatic rings. The fourth-order valence-electron chi connectivity index (χ4n) is 4.52. The molecular weight excluding hydrogens is 510 g/mol. The highest BCUT2D eigenvalue weighted by molar-refractivity contribution is 6.30. The molecule has 0 spiro atoms. The van der Waals surface area contributed by atoms with Gasteiger partial charge in [-0.25, -0.2) is 4.98 Å². The maximum Gasteiger partial charge on any atom is 0.282 e. The van der Waals surface area contributed by atoms with E-state index >= 15 is 0 Å². The first-order chi connectivity index (χ1) is 19.1. The van der Waals surface area contributed by atoms with E-state index in [4.69, 9.17) is 16.6 Å². The first-order valence-corrected chi connectivity index (χ1v) is 12.7. The molecule has 0 bridgehead atoms. The van der Waals surface area contributed by atoms with Crippen LogP contribution in [0.5, 0.6) is 0 Å². The Balaban J connectivity index is 1.39. The Morgan fingerprint density at radius 3 is 2.36 bits per heavy atom. The second-order valence-corrected chi connectivity index (χ2v) is 9.40. The lowest BCUT2D eigenvalue weighted by atomic mass is 10.2. The van der Waals surface area contributed by atoms with Crippen molar-refractivity contribution in [3.05, 3.63) is 130 Å². The molecule has 2 heterocycles. The van der Waals surface area contributed by atoms with Crippen LogP contribution in [0.2, 0.25) is 5.02 Å². The SMILES string of the molecule is O=C(Cn1cc(C=Nn2c(-c3ccccc3)nc3ccccc3c2=O)c2ccccc21)Nc1ccc(Cl)cc1. The molecule has 190 valence electrons. The summed E-state index contributed by atoms with van der Waals surface area (Å²) in [5.74, 6) is 0.268. The van der Waals surface area contributed by atoms with Crippen molar-refractivity contribution in [2.75, 3.05) is 5.32 Å². The third-order valence-corrected chi connectivity index (χ3v) is 6.61. The van der Waals surface area contributed by atoms with Crippen molar-refractivity contribution < 1.29 is 4.79 Å². The number of carbonyl (C=O) groups excluding carboxylic acids is 1. The molecule has 1 amide bonds. The Bertz CT molecular complexity index is 1910. The highest BCUT2D eigenvalue weighted by atomic mass is 35.5. The highest BCUT2D eigenvalue weighted by Gasteiger charge is 2.14. The zero-order valence-electron chi connectivity index (χ0n) is 20.7. The van der Waals surface area contributed by atoms with Crippen molar-refractivity contribution in [3.63, 3.8) is 0 Å². The van der Waals surface area contributed by atoms with Gasteiger partial charge >= 0.3 is 0 Å². The number of carbonyl (C=O) groups is 1. The Morgan fingerprint density at radius 1 is 0.872 bits per heavy atom. The third kappa shape index (κ3) is 4.95. The lowest BCUT2D eigenvalue weighted by Crippen LogP contribution is -2.20. The van der Waals surface area contributed by atoms with E-state index in [0.29, 0.717) is 27.4 Å². The van der Waals surface area contributed by atoms with Crippen LogP contribution in [0.15, 0.2) is 119 Å². The Morgan fingerprint density at radius 2 is 1.56 bits per heavy atom. The van der Waals surface area contributed by atoms with Crippen LogP contribution in [0.4, 0.5) is 5.69 Å². The summed E-state index contributed by atoms with van der Waals surface area (Å²) in [5, 5.41) is 9.49. The molecule has 0 radical (unpaired) electrons. The van der Waals surface area contributed by atoms with Crippen LogP contribution in [-0.4, -0.2) is 26.3 Å². The number of nitrogens with one attached hydrogen (secondary N) is 1. The summed E-state index contributed by atoms with van der Waals surface area (Å²) < 4.78 is 3.19. The molecule has 39 heavy (non-hydrogen) atoms. The first-order valence-electron chi connectivity index (χ1n) is 12.3. The van der Waals surface area contributed by atoms with Crippen LogP contribution in [0.1, 0.15) is 5.56 Å². The van der Waals surface area contributed by atoms with Gasteiger partial charge < -0.3 is 9.88 Å². The van der Waals surface area contributed by atoms with E-state index in [1.54, 1.807) is 36.5 Å². The molecule has 0 saturated heterocycles. The molecule has 8 heteroatoms. The average Bonchev–Trinajstić information content (AvgIpc) is 3.31. The number of nitrogens with zero attached hydrogens (tertiary/aromatic N) is 4. The minimum atomic E-state index is -0.262. The minimum absolute atomic E-state index is 0.101. The van der Waals surface area contributed by atoms with Gasteiger partial charge in [-0.15, -0.1) is 0 Å². The molecule has 4 aromatic carbocycles. The largest absolute Gasteiger partial charge is 0.337 e. The molecule has 0 fully saturated rings. The fourth-order valence-corrected chi connectivity index (χ4v) is 4.65. The minimum Gasteiger partial charge on any atom is -0.337 e. The van der Waals surface area contributed by atoms with Gasteiger partial charge in [0.15, 0.2) is 5.82 Å². The number of anilines is 1. The van der Waals surface area contributed by atoms with Gasteiger partial charge in [0.25, 0.3) is 5.56 Å². The number of rotatable bonds is 6. The standard InChI is InChI=1S/C31H22ClN5O2/c32-23-14-16-24(17-15-23)34-29(38)20-36-19-22(25-10-5-7-13-28(25)36)18-33-37-30(21-8-2-1-3-9-21)35-27-12-6-4-11-26(27)31(37)39/h1-19H,20H2,(H,34,38). The van der Waals surface area contributed by atoms with Crippen LogP contribution in [0.25, 0.3) is 33.2 Å². The Hall–Kier alpha value is -5.01. The van der Waals surface area contributed by atoms with Gasteiger partial charge in [-0.2, -0.15) is 9.78 Å². The number of amides is 1. The fraction of sp³-hybridized carbons (Fsp3) is 0.0323. The van der Waals surface area contributed by atoms with Crippen LogP contribution in [0, 0.1) is 0 Å². The smallest absolute Gasteiger partial charge is 0.282 e. The number of hydrogen-bond donors (Lipinski definition) is 1. The van der Waals surface area contributed by atoms with Gasteiger partial charge in [0, 0.05) is 38.9 Å². The summed E-state index contributed by atoms with van der Waals surface area (Å²) in [4.78, 5) is 31.1. The van der Waals surface area contributed by atoms with Crippen molar-refractivity contribution in [1.82, 2.24) is 14.2 Å². The van der Waals surface area contributed by atoms with Gasteiger partial charge in [0.2, 0.25) is 5.91 Å². The number of fused-ring (bicyclic) bond motifs is 2. The molecular formula is C31H22ClN5O2. The molecule has 0 aliphatic carbocycles. The van der Waals surface area contributed by atoms with Crippen molar-refractivity contribution in [2.24, 2.45) is 5.10 Å². The monoisotopic (exact) mass is 531 g/mol. The summed E-state index contributed by atoms with van der Waals surface area (Å²) in [6.07, 6.45) is 3.50. The van der Waals surface area contributed by atoms with Crippen LogP contribution < -0.4 is 10.9 Å². The van der Waals surface area contributed by atoms with Crippen molar-refractivity contribution in [1.29, 1.82) is 0 Å². The number of benzene rings is 4. The van der Waals surface area contributed by atoms with Gasteiger partial charge in [0.1, 0.15) is 6.54 Å². The summed E-state index contributed by atoms with van der Waals surface area (Å²) in [6.45, 7) is 0.101. The maximum absolute atomic E-state index is 13.5. The molecule has 7 nitrogen and oxygen atoms in total. The zero-order valence-corrected chi connectivity index (χ0v) is 21.4. The molecule has 0 unspecified atom stereocenters. The quantitative estimate of drug-likeness (QED) is 0.260. The van der Waals surface area contributed by atoms with Crippen LogP contribution in [0.3, 0.4) is 0 Å². The summed E-state index contributed by atoms with van der Waals surface area (Å²) in [6, 6.07) is 31.4. The molecule has 0 atom stereocenters. The molecule has 0 aliphatic rings. The number of hydrogen-bond acceptors (Lipinski definition) is 4. The predicted molar refractivity (Wildman–Crippen MR) is 156 cm³/mol. The second-order valence-electron chi connectivity index (χ2n) is 8.96. The molecule has 1 N–H and O–H groups in total. The topological polar surface area (TPSA) is 81.3 Å². The number of aromatic nitrogens is 3. The third-order valence-electron chi connectivity index (χ3n) is 6.36. The van der Waals surface area contributed by atoms with E-state index in [1.165, 1.54) is 4.68 Å². The maximum atomic E-state index is 13.5. The van der Waals surface area contributed by atoms with E-state index in [9.17, 15) is 9.59 Å². The summed E-state index contributed by atoms with van der Waals surface area (Å²) in [7, 11) is 0. The van der Waals surface area contributed by atoms with E-state index < -0.39 is 0 Å². The summed E-state index contributed by atoms with van der Waals surface area (Å²) >= 11 is 5.95. The second kappa shape index (κ2) is 10.4.